The lowest BCUT2D eigenvalue weighted by Crippen LogP contribution is -2.47. The van der Waals surface area contributed by atoms with Crippen LogP contribution in [0.3, 0.4) is 0 Å². The zero-order chi connectivity index (χ0) is 12.5. The fraction of sp³-hybridized carbons (Fsp3) is 0.455. The van der Waals surface area contributed by atoms with Gasteiger partial charge < -0.3 is 5.32 Å². The van der Waals surface area contributed by atoms with Crippen LogP contribution in [-0.2, 0) is 10.0 Å². The zero-order valence-electron chi connectivity index (χ0n) is 9.56. The maximum atomic E-state index is 13.1. The van der Waals surface area contributed by atoms with Crippen LogP contribution in [0.1, 0.15) is 11.6 Å². The Morgan fingerprint density at radius 1 is 1.47 bits per heavy atom. The summed E-state index contributed by atoms with van der Waals surface area (Å²) >= 11 is 0. The van der Waals surface area contributed by atoms with E-state index in [4.69, 9.17) is 0 Å². The fourth-order valence-electron chi connectivity index (χ4n) is 1.97. The van der Waals surface area contributed by atoms with Crippen LogP contribution in [0.25, 0.3) is 0 Å². The van der Waals surface area contributed by atoms with Gasteiger partial charge in [-0.15, -0.1) is 0 Å². The Labute approximate surface area is 100 Å². The second-order valence-electron chi connectivity index (χ2n) is 4.18. The fourth-order valence-corrected chi connectivity index (χ4v) is 2.81. The molecule has 94 valence electrons. The largest absolute Gasteiger partial charge is 0.308 e. The Hall–Kier alpha value is -0.980. The van der Waals surface area contributed by atoms with Crippen molar-refractivity contribution in [1.29, 1.82) is 0 Å². The summed E-state index contributed by atoms with van der Waals surface area (Å²) in [6.07, 6.45) is 1.20. The summed E-state index contributed by atoms with van der Waals surface area (Å²) in [6, 6.07) is 6.09. The first-order chi connectivity index (χ1) is 7.97. The van der Waals surface area contributed by atoms with Crippen molar-refractivity contribution >= 4 is 10.0 Å². The third-order valence-corrected chi connectivity index (χ3v) is 4.13. The van der Waals surface area contributed by atoms with Crippen molar-refractivity contribution in [3.63, 3.8) is 0 Å². The monoisotopic (exact) mass is 258 g/mol. The van der Waals surface area contributed by atoms with Crippen LogP contribution >= 0.6 is 0 Å². The lowest BCUT2D eigenvalue weighted by molar-refractivity contribution is 0.303. The minimum atomic E-state index is -3.18. The van der Waals surface area contributed by atoms with Crippen molar-refractivity contribution < 1.29 is 12.8 Å². The Kier molecular flexibility index (Phi) is 3.46. The van der Waals surface area contributed by atoms with Crippen LogP contribution < -0.4 is 5.32 Å². The minimum absolute atomic E-state index is 0.144. The summed E-state index contributed by atoms with van der Waals surface area (Å²) in [5.74, 6) is -0.305. The van der Waals surface area contributed by atoms with E-state index in [-0.39, 0.29) is 11.9 Å². The number of sulfonamides is 1. The lowest BCUT2D eigenvalue weighted by Gasteiger charge is -2.32. The topological polar surface area (TPSA) is 49.4 Å². The number of benzene rings is 1. The van der Waals surface area contributed by atoms with E-state index in [2.05, 4.69) is 5.32 Å². The van der Waals surface area contributed by atoms with Crippen molar-refractivity contribution in [2.75, 3.05) is 25.9 Å². The summed E-state index contributed by atoms with van der Waals surface area (Å²) in [6.45, 7) is 1.39. The number of hydrogen-bond donors (Lipinski definition) is 1. The van der Waals surface area contributed by atoms with Crippen molar-refractivity contribution in [3.05, 3.63) is 35.6 Å². The molecule has 1 saturated heterocycles. The van der Waals surface area contributed by atoms with E-state index in [1.165, 1.54) is 22.7 Å². The second-order valence-corrected chi connectivity index (χ2v) is 6.17. The Morgan fingerprint density at radius 3 is 2.88 bits per heavy atom. The molecular formula is C11H15FN2O2S. The van der Waals surface area contributed by atoms with Gasteiger partial charge >= 0.3 is 0 Å². The van der Waals surface area contributed by atoms with E-state index in [0.717, 1.165) is 5.56 Å². The first-order valence-electron chi connectivity index (χ1n) is 5.41. The Bertz CT molecular complexity index is 504. The molecule has 4 nitrogen and oxygen atoms in total. The van der Waals surface area contributed by atoms with Gasteiger partial charge in [-0.1, -0.05) is 12.1 Å². The summed E-state index contributed by atoms with van der Waals surface area (Å²) < 4.78 is 37.4. The molecule has 2 rings (SSSR count). The zero-order valence-corrected chi connectivity index (χ0v) is 10.4. The molecule has 0 amide bonds. The van der Waals surface area contributed by atoms with Gasteiger partial charge in [-0.25, -0.2) is 12.8 Å². The first-order valence-corrected chi connectivity index (χ1v) is 7.25. The van der Waals surface area contributed by atoms with E-state index in [1.807, 2.05) is 0 Å². The molecule has 6 heteroatoms. The highest BCUT2D eigenvalue weighted by molar-refractivity contribution is 7.88. The summed E-state index contributed by atoms with van der Waals surface area (Å²) in [4.78, 5) is 0. The molecule has 1 unspecified atom stereocenters. The maximum absolute atomic E-state index is 13.1. The number of hydrogen-bond acceptors (Lipinski definition) is 3. The third kappa shape index (κ3) is 3.02. The van der Waals surface area contributed by atoms with Gasteiger partial charge in [0, 0.05) is 25.7 Å². The molecule has 1 aliphatic heterocycles. The molecule has 1 atom stereocenters. The maximum Gasteiger partial charge on any atom is 0.211 e. The minimum Gasteiger partial charge on any atom is -0.308 e. The molecule has 1 N–H and O–H groups in total. The molecule has 1 heterocycles. The number of piperazine rings is 1. The van der Waals surface area contributed by atoms with Gasteiger partial charge in [0.2, 0.25) is 10.0 Å². The molecule has 1 fully saturated rings. The van der Waals surface area contributed by atoms with E-state index in [0.29, 0.717) is 19.6 Å². The normalized spacial score (nSPS) is 22.6. The van der Waals surface area contributed by atoms with Gasteiger partial charge in [-0.05, 0) is 17.7 Å². The van der Waals surface area contributed by atoms with Gasteiger partial charge in [0.15, 0.2) is 0 Å². The van der Waals surface area contributed by atoms with Crippen molar-refractivity contribution in [2.45, 2.75) is 6.04 Å². The van der Waals surface area contributed by atoms with Crippen molar-refractivity contribution in [2.24, 2.45) is 0 Å². The van der Waals surface area contributed by atoms with Gasteiger partial charge in [-0.3, -0.25) is 0 Å². The number of rotatable bonds is 2. The smallest absolute Gasteiger partial charge is 0.211 e. The predicted molar refractivity (Wildman–Crippen MR) is 63.6 cm³/mol. The van der Waals surface area contributed by atoms with Crippen molar-refractivity contribution in [3.8, 4) is 0 Å². The van der Waals surface area contributed by atoms with Crippen LogP contribution in [0.15, 0.2) is 24.3 Å². The van der Waals surface area contributed by atoms with Gasteiger partial charge in [0.1, 0.15) is 5.82 Å². The average Bonchev–Trinajstić information content (AvgIpc) is 2.28. The van der Waals surface area contributed by atoms with Crippen LogP contribution in [0.2, 0.25) is 0 Å². The Morgan fingerprint density at radius 2 is 2.24 bits per heavy atom. The van der Waals surface area contributed by atoms with E-state index >= 15 is 0 Å². The molecule has 1 aliphatic rings. The second kappa shape index (κ2) is 4.72. The van der Waals surface area contributed by atoms with Gasteiger partial charge in [-0.2, -0.15) is 4.31 Å². The number of nitrogens with one attached hydrogen (secondary N) is 1. The Balaban J connectivity index is 2.18. The standard InChI is InChI=1S/C11H15FN2O2S/c1-17(15,16)14-6-5-13-11(8-14)9-3-2-4-10(12)7-9/h2-4,7,11,13H,5-6,8H2,1H3. The predicted octanol–water partition coefficient (Wildman–Crippen LogP) is 0.732. The van der Waals surface area contributed by atoms with E-state index in [1.54, 1.807) is 12.1 Å². The number of nitrogens with zero attached hydrogens (tertiary/aromatic N) is 1. The summed E-state index contributed by atoms with van der Waals surface area (Å²) in [7, 11) is -3.18. The molecule has 1 aromatic carbocycles. The van der Waals surface area contributed by atoms with Crippen LogP contribution in [-0.4, -0.2) is 38.6 Å². The highest BCUT2D eigenvalue weighted by Gasteiger charge is 2.26. The molecule has 0 aliphatic carbocycles. The molecule has 0 spiro atoms. The molecular weight excluding hydrogens is 243 g/mol. The van der Waals surface area contributed by atoms with Crippen LogP contribution in [0, 0.1) is 5.82 Å². The molecule has 0 bridgehead atoms. The molecule has 17 heavy (non-hydrogen) atoms. The summed E-state index contributed by atoms with van der Waals surface area (Å²) in [5, 5.41) is 3.19. The average molecular weight is 258 g/mol. The highest BCUT2D eigenvalue weighted by atomic mass is 32.2. The van der Waals surface area contributed by atoms with E-state index in [9.17, 15) is 12.8 Å². The highest BCUT2D eigenvalue weighted by Crippen LogP contribution is 2.19. The van der Waals surface area contributed by atoms with Crippen LogP contribution in [0.4, 0.5) is 4.39 Å². The molecule has 0 radical (unpaired) electrons. The molecule has 1 aromatic rings. The lowest BCUT2D eigenvalue weighted by atomic mass is 10.1. The summed E-state index contributed by atoms with van der Waals surface area (Å²) in [5.41, 5.74) is 0.776. The van der Waals surface area contributed by atoms with Crippen LogP contribution in [0.5, 0.6) is 0 Å². The third-order valence-electron chi connectivity index (χ3n) is 2.86. The SMILES string of the molecule is CS(=O)(=O)N1CCNC(c2cccc(F)c2)C1. The quantitative estimate of drug-likeness (QED) is 0.851. The van der Waals surface area contributed by atoms with Gasteiger partial charge in [0.25, 0.3) is 0 Å². The van der Waals surface area contributed by atoms with Gasteiger partial charge in [0.05, 0.1) is 6.26 Å². The van der Waals surface area contributed by atoms with E-state index < -0.39 is 10.0 Å². The van der Waals surface area contributed by atoms with Crippen molar-refractivity contribution in [1.82, 2.24) is 9.62 Å². The molecule has 0 saturated carbocycles. The number of halogens is 1. The molecule has 0 aromatic heterocycles. The first kappa shape index (κ1) is 12.5.